The number of para-hydroxylation sites is 1. The van der Waals surface area contributed by atoms with Gasteiger partial charge in [-0.25, -0.2) is 0 Å². The molecule has 1 amide bonds. The Morgan fingerprint density at radius 1 is 0.596 bits per heavy atom. The number of hydrogen-bond acceptors (Lipinski definition) is 6. The topological polar surface area (TPSA) is 59.1 Å². The second kappa shape index (κ2) is 29.9. The van der Waals surface area contributed by atoms with E-state index in [0.29, 0.717) is 6.61 Å². The van der Waals surface area contributed by atoms with Gasteiger partial charge in [0, 0.05) is 25.4 Å². The molecular formula is C45H74N2O4S. The Hall–Kier alpha value is -2.51. The maximum Gasteiger partial charge on any atom is 0.313 e. The molecule has 0 aromatic heterocycles. The lowest BCUT2D eigenvalue weighted by molar-refractivity contribution is -0.145. The van der Waals surface area contributed by atoms with E-state index in [1.54, 1.807) is 0 Å². The van der Waals surface area contributed by atoms with Gasteiger partial charge in [0.05, 0.1) is 12.5 Å². The Labute approximate surface area is 323 Å². The number of nitrogens with zero attached hydrogens (tertiary/aromatic N) is 2. The number of carbonyl (C=O) groups is 2. The highest BCUT2D eigenvalue weighted by Gasteiger charge is 2.17. The average Bonchev–Trinajstić information content (AvgIpc) is 3.13. The third kappa shape index (κ3) is 23.2. The van der Waals surface area contributed by atoms with Gasteiger partial charge in [-0.05, 0) is 82.4 Å². The lowest BCUT2D eigenvalue weighted by Gasteiger charge is -2.22. The van der Waals surface area contributed by atoms with Crippen LogP contribution in [0.5, 0.6) is 11.5 Å². The summed E-state index contributed by atoms with van der Waals surface area (Å²) in [5.74, 6) is 2.68. The molecule has 0 aliphatic heterocycles. The summed E-state index contributed by atoms with van der Waals surface area (Å²) in [6.07, 6.45) is 24.2. The number of esters is 1. The van der Waals surface area contributed by atoms with Gasteiger partial charge in [-0.3, -0.25) is 9.59 Å². The first kappa shape index (κ1) is 45.6. The van der Waals surface area contributed by atoms with Crippen LogP contribution in [0, 0.1) is 5.92 Å². The van der Waals surface area contributed by atoms with E-state index in [-0.39, 0.29) is 17.1 Å². The van der Waals surface area contributed by atoms with Gasteiger partial charge in [-0.2, -0.15) is 0 Å². The zero-order valence-electron chi connectivity index (χ0n) is 33.8. The van der Waals surface area contributed by atoms with Gasteiger partial charge < -0.3 is 19.3 Å². The van der Waals surface area contributed by atoms with Crippen molar-refractivity contribution >= 4 is 23.0 Å². The van der Waals surface area contributed by atoms with Crippen LogP contribution in [0.3, 0.4) is 0 Å². The molecule has 1 unspecified atom stereocenters. The molecule has 2 aromatic carbocycles. The number of benzene rings is 2. The summed E-state index contributed by atoms with van der Waals surface area (Å²) in [5, 5.41) is 0.222. The van der Waals surface area contributed by atoms with E-state index in [4.69, 9.17) is 9.47 Å². The lowest BCUT2D eigenvalue weighted by Crippen LogP contribution is -2.30. The normalized spacial score (nSPS) is 12.0. The summed E-state index contributed by atoms with van der Waals surface area (Å²) in [5.41, 5.74) is 0.915. The molecule has 0 N–H and O–H groups in total. The Morgan fingerprint density at radius 3 is 1.60 bits per heavy atom. The fourth-order valence-electron chi connectivity index (χ4n) is 6.32. The number of carbonyl (C=O) groups excluding carboxylic acids is 2. The Bertz CT molecular complexity index is 1160. The average molecular weight is 739 g/mol. The Kier molecular flexibility index (Phi) is 26.2. The van der Waals surface area contributed by atoms with Gasteiger partial charge in [0.25, 0.3) is 5.24 Å². The van der Waals surface area contributed by atoms with Crippen LogP contribution in [0.25, 0.3) is 0 Å². The smallest absolute Gasteiger partial charge is 0.313 e. The van der Waals surface area contributed by atoms with Crippen LogP contribution >= 0.6 is 11.8 Å². The van der Waals surface area contributed by atoms with Crippen LogP contribution in [0.15, 0.2) is 54.6 Å². The largest absolute Gasteiger partial charge is 0.465 e. The van der Waals surface area contributed by atoms with E-state index < -0.39 is 0 Å². The molecule has 294 valence electrons. The predicted molar refractivity (Wildman–Crippen MR) is 223 cm³/mol. The molecular weight excluding hydrogens is 665 g/mol. The quantitative estimate of drug-likeness (QED) is 0.0567. The van der Waals surface area contributed by atoms with Crippen molar-refractivity contribution in [3.63, 3.8) is 0 Å². The van der Waals surface area contributed by atoms with Crippen LogP contribution in [0.2, 0.25) is 0 Å². The molecule has 0 aliphatic carbocycles. The van der Waals surface area contributed by atoms with Crippen LogP contribution in [0.4, 0.5) is 4.79 Å². The fourth-order valence-corrected chi connectivity index (χ4v) is 7.32. The SMILES string of the molecule is CC(C)CCCCCCCCCCCCCCCCN(CCCCCCOC(=O)C(C)c1ccc(Oc2ccccc2)cc1)C(=O)SCCN(C)C. The summed E-state index contributed by atoms with van der Waals surface area (Å²) in [6.45, 7) is 9.56. The van der Waals surface area contributed by atoms with Crippen molar-refractivity contribution in [1.29, 1.82) is 0 Å². The highest BCUT2D eigenvalue weighted by molar-refractivity contribution is 8.13. The number of hydrogen-bond donors (Lipinski definition) is 0. The monoisotopic (exact) mass is 739 g/mol. The van der Waals surface area contributed by atoms with E-state index in [1.807, 2.05) is 61.5 Å². The van der Waals surface area contributed by atoms with E-state index in [2.05, 4.69) is 37.7 Å². The lowest BCUT2D eigenvalue weighted by atomic mass is 10.0. The first-order chi connectivity index (χ1) is 25.3. The zero-order valence-corrected chi connectivity index (χ0v) is 34.6. The summed E-state index contributed by atoms with van der Waals surface area (Å²) in [4.78, 5) is 30.0. The predicted octanol–water partition coefficient (Wildman–Crippen LogP) is 12.9. The van der Waals surface area contributed by atoms with Crippen LogP contribution in [-0.2, 0) is 9.53 Å². The van der Waals surface area contributed by atoms with Crippen LogP contribution < -0.4 is 4.74 Å². The molecule has 0 radical (unpaired) electrons. The van der Waals surface area contributed by atoms with Gasteiger partial charge in [-0.15, -0.1) is 0 Å². The van der Waals surface area contributed by atoms with Crippen molar-refractivity contribution in [3.8, 4) is 11.5 Å². The Morgan fingerprint density at radius 2 is 1.08 bits per heavy atom. The van der Waals surface area contributed by atoms with Crippen molar-refractivity contribution in [2.45, 2.75) is 149 Å². The molecule has 7 heteroatoms. The van der Waals surface area contributed by atoms with Gasteiger partial charge in [0.1, 0.15) is 11.5 Å². The van der Waals surface area contributed by atoms with Gasteiger partial charge >= 0.3 is 5.97 Å². The summed E-state index contributed by atoms with van der Waals surface area (Å²) in [7, 11) is 4.11. The molecule has 0 bridgehead atoms. The maximum absolute atomic E-state index is 13.1. The number of thioether (sulfide) groups is 1. The van der Waals surface area contributed by atoms with Gasteiger partial charge in [-0.1, -0.05) is 152 Å². The van der Waals surface area contributed by atoms with Crippen molar-refractivity contribution in [3.05, 3.63) is 60.2 Å². The molecule has 0 aliphatic rings. The van der Waals surface area contributed by atoms with Gasteiger partial charge in [0.2, 0.25) is 0 Å². The van der Waals surface area contributed by atoms with Crippen molar-refractivity contribution in [1.82, 2.24) is 9.80 Å². The molecule has 0 spiro atoms. The van der Waals surface area contributed by atoms with Crippen LogP contribution in [-0.4, -0.2) is 67.1 Å². The van der Waals surface area contributed by atoms with Crippen molar-refractivity contribution in [2.75, 3.05) is 46.1 Å². The van der Waals surface area contributed by atoms with Crippen LogP contribution in [0.1, 0.15) is 154 Å². The molecule has 2 aromatic rings. The standard InChI is InChI=1S/C45H74N2O4S/c1-39(2)27-21-16-14-12-10-8-6-7-9-11-13-15-17-24-34-47(45(49)52-38-36-46(4)5)35-25-18-19-26-37-50-44(48)40(3)41-30-32-43(33-31-41)51-42-28-22-20-23-29-42/h20,22-23,28-33,39-40H,6-19,21,24-27,34-38H2,1-5H3. The molecule has 1 atom stereocenters. The maximum atomic E-state index is 13.1. The minimum Gasteiger partial charge on any atom is -0.465 e. The highest BCUT2D eigenvalue weighted by Crippen LogP contribution is 2.25. The van der Waals surface area contributed by atoms with Crippen molar-refractivity contribution < 1.29 is 19.1 Å². The summed E-state index contributed by atoms with van der Waals surface area (Å²) in [6, 6.07) is 17.3. The molecule has 6 nitrogen and oxygen atoms in total. The number of unbranched alkanes of at least 4 members (excludes halogenated alkanes) is 16. The number of ether oxygens (including phenoxy) is 2. The van der Waals surface area contributed by atoms with E-state index in [9.17, 15) is 9.59 Å². The molecule has 0 fully saturated rings. The summed E-state index contributed by atoms with van der Waals surface area (Å²) >= 11 is 1.46. The summed E-state index contributed by atoms with van der Waals surface area (Å²) < 4.78 is 11.5. The third-order valence-corrected chi connectivity index (χ3v) is 10.7. The second-order valence-electron chi connectivity index (χ2n) is 15.3. The molecule has 0 heterocycles. The molecule has 2 rings (SSSR count). The van der Waals surface area contributed by atoms with Gasteiger partial charge in [0.15, 0.2) is 0 Å². The fraction of sp³-hybridized carbons (Fsp3) is 0.689. The Balaban J connectivity index is 1.55. The molecule has 0 saturated heterocycles. The third-order valence-electron chi connectivity index (χ3n) is 9.76. The first-order valence-corrected chi connectivity index (χ1v) is 21.8. The second-order valence-corrected chi connectivity index (χ2v) is 16.4. The zero-order chi connectivity index (χ0) is 37.7. The minimum absolute atomic E-state index is 0.197. The first-order valence-electron chi connectivity index (χ1n) is 20.8. The van der Waals surface area contributed by atoms with Crippen molar-refractivity contribution in [2.24, 2.45) is 5.92 Å². The number of rotatable bonds is 31. The number of amides is 1. The minimum atomic E-state index is -0.329. The highest BCUT2D eigenvalue weighted by atomic mass is 32.2. The molecule has 0 saturated carbocycles. The molecule has 52 heavy (non-hydrogen) atoms. The van der Waals surface area contributed by atoms with E-state index >= 15 is 0 Å². The van der Waals surface area contributed by atoms with E-state index in [1.165, 1.54) is 102 Å². The van der Waals surface area contributed by atoms with E-state index in [0.717, 1.165) is 80.5 Å².